The number of hydrogen-bond donors (Lipinski definition) is 1. The number of benzene rings is 2. The molecule has 0 radical (unpaired) electrons. The third kappa shape index (κ3) is 2.89. The van der Waals surface area contributed by atoms with Crippen LogP contribution in [-0.4, -0.2) is 26.1 Å². The van der Waals surface area contributed by atoms with E-state index < -0.39 is 5.41 Å². The van der Waals surface area contributed by atoms with Crippen LogP contribution in [0.25, 0.3) is 5.69 Å². The van der Waals surface area contributed by atoms with Crippen LogP contribution in [0.5, 0.6) is 0 Å². The molecule has 1 N–H and O–H groups in total. The van der Waals surface area contributed by atoms with Crippen molar-refractivity contribution in [3.63, 3.8) is 0 Å². The number of aromatic nitrogens is 4. The van der Waals surface area contributed by atoms with Crippen LogP contribution in [0.2, 0.25) is 5.02 Å². The van der Waals surface area contributed by atoms with E-state index in [1.165, 1.54) is 0 Å². The molecule has 1 aliphatic carbocycles. The van der Waals surface area contributed by atoms with E-state index in [1.807, 2.05) is 49.4 Å². The topological polar surface area (TPSA) is 72.7 Å². The number of aryl methyl sites for hydroxylation is 1. The summed E-state index contributed by atoms with van der Waals surface area (Å²) in [6, 6.07) is 13.2. The molecule has 1 aliphatic rings. The lowest BCUT2D eigenvalue weighted by Crippen LogP contribution is -2.27. The Morgan fingerprint density at radius 1 is 1.24 bits per heavy atom. The largest absolute Gasteiger partial charge is 0.325 e. The van der Waals surface area contributed by atoms with Crippen molar-refractivity contribution in [2.45, 2.75) is 25.2 Å². The average Bonchev–Trinajstić information content (AvgIpc) is 3.24. The molecule has 4 rings (SSSR count). The molecule has 126 valence electrons. The highest BCUT2D eigenvalue weighted by Gasteiger charge is 2.51. The zero-order chi connectivity index (χ0) is 17.4. The number of halogens is 1. The van der Waals surface area contributed by atoms with Gasteiger partial charge in [-0.1, -0.05) is 23.7 Å². The van der Waals surface area contributed by atoms with Crippen LogP contribution in [0.4, 0.5) is 5.69 Å². The van der Waals surface area contributed by atoms with Gasteiger partial charge in [0.15, 0.2) is 0 Å². The molecule has 1 amide bonds. The van der Waals surface area contributed by atoms with Crippen molar-refractivity contribution in [2.75, 3.05) is 5.32 Å². The molecule has 0 spiro atoms. The van der Waals surface area contributed by atoms with E-state index in [-0.39, 0.29) is 5.91 Å². The number of tetrazole rings is 1. The van der Waals surface area contributed by atoms with Crippen molar-refractivity contribution in [1.82, 2.24) is 20.2 Å². The van der Waals surface area contributed by atoms with Crippen LogP contribution >= 0.6 is 11.6 Å². The predicted octanol–water partition coefficient (Wildman–Crippen LogP) is 3.29. The van der Waals surface area contributed by atoms with Crippen LogP contribution < -0.4 is 5.32 Å². The maximum absolute atomic E-state index is 12.8. The fourth-order valence-corrected chi connectivity index (χ4v) is 3.26. The molecule has 6 nitrogen and oxygen atoms in total. The summed E-state index contributed by atoms with van der Waals surface area (Å²) in [5.74, 6) is 0.00402. The highest BCUT2D eigenvalue weighted by atomic mass is 35.5. The maximum atomic E-state index is 12.8. The van der Waals surface area contributed by atoms with E-state index >= 15 is 0 Å². The average molecular weight is 354 g/mol. The molecule has 25 heavy (non-hydrogen) atoms. The molecule has 3 aromatic rings. The van der Waals surface area contributed by atoms with Crippen LogP contribution in [0, 0.1) is 6.92 Å². The summed E-state index contributed by atoms with van der Waals surface area (Å²) in [4.78, 5) is 12.8. The van der Waals surface area contributed by atoms with Gasteiger partial charge in [0.25, 0.3) is 0 Å². The van der Waals surface area contributed by atoms with Gasteiger partial charge in [0.05, 0.1) is 11.1 Å². The summed E-state index contributed by atoms with van der Waals surface area (Å²) in [5, 5.41) is 14.9. The van der Waals surface area contributed by atoms with Crippen molar-refractivity contribution >= 4 is 23.2 Å². The quantitative estimate of drug-likeness (QED) is 0.781. The zero-order valence-electron chi connectivity index (χ0n) is 13.6. The van der Waals surface area contributed by atoms with E-state index in [0.29, 0.717) is 5.02 Å². The fraction of sp³-hybridized carbons (Fsp3) is 0.222. The van der Waals surface area contributed by atoms with Gasteiger partial charge >= 0.3 is 0 Å². The lowest BCUT2D eigenvalue weighted by molar-refractivity contribution is -0.118. The monoisotopic (exact) mass is 353 g/mol. The van der Waals surface area contributed by atoms with Gasteiger partial charge in [0.1, 0.15) is 6.33 Å². The Morgan fingerprint density at radius 3 is 2.72 bits per heavy atom. The summed E-state index contributed by atoms with van der Waals surface area (Å²) < 4.78 is 1.59. The highest BCUT2D eigenvalue weighted by molar-refractivity contribution is 6.30. The minimum absolute atomic E-state index is 0.00402. The van der Waals surface area contributed by atoms with Crippen molar-refractivity contribution in [3.05, 3.63) is 64.9 Å². The van der Waals surface area contributed by atoms with Gasteiger partial charge in [0, 0.05) is 10.7 Å². The van der Waals surface area contributed by atoms with Gasteiger partial charge in [-0.15, -0.1) is 5.10 Å². The second kappa shape index (κ2) is 5.97. The van der Waals surface area contributed by atoms with E-state index in [2.05, 4.69) is 20.8 Å². The minimum Gasteiger partial charge on any atom is -0.325 e. The maximum Gasteiger partial charge on any atom is 0.235 e. The molecular formula is C18H16ClN5O. The third-order valence-corrected chi connectivity index (χ3v) is 4.85. The van der Waals surface area contributed by atoms with Crippen molar-refractivity contribution in [2.24, 2.45) is 0 Å². The number of amides is 1. The smallest absolute Gasteiger partial charge is 0.235 e. The second-order valence-corrected chi connectivity index (χ2v) is 6.74. The number of nitrogens with zero attached hydrogens (tertiary/aromatic N) is 4. The van der Waals surface area contributed by atoms with Gasteiger partial charge in [-0.25, -0.2) is 4.68 Å². The van der Waals surface area contributed by atoms with Gasteiger partial charge in [-0.2, -0.15) is 0 Å². The predicted molar refractivity (Wildman–Crippen MR) is 94.9 cm³/mol. The Labute approximate surface area is 149 Å². The van der Waals surface area contributed by atoms with E-state index in [0.717, 1.165) is 35.3 Å². The minimum atomic E-state index is -0.465. The number of carbonyl (C=O) groups excluding carboxylic acids is 1. The van der Waals surface area contributed by atoms with Gasteiger partial charge < -0.3 is 5.32 Å². The van der Waals surface area contributed by atoms with Crippen molar-refractivity contribution < 1.29 is 4.79 Å². The SMILES string of the molecule is Cc1cc(NC(=O)C2(c3cccc(Cl)c3)CC2)ccc1-n1cnnn1. The summed E-state index contributed by atoms with van der Waals surface area (Å²) in [5.41, 5.74) is 3.11. The Kier molecular flexibility index (Phi) is 3.77. The Hall–Kier alpha value is -2.73. The lowest BCUT2D eigenvalue weighted by Gasteiger charge is -2.17. The zero-order valence-corrected chi connectivity index (χ0v) is 14.4. The molecule has 1 heterocycles. The molecule has 7 heteroatoms. The Morgan fingerprint density at radius 2 is 2.08 bits per heavy atom. The van der Waals surface area contributed by atoms with Crippen LogP contribution in [0.3, 0.4) is 0 Å². The first-order valence-electron chi connectivity index (χ1n) is 8.00. The number of rotatable bonds is 4. The number of carbonyl (C=O) groups is 1. The van der Waals surface area contributed by atoms with E-state index in [4.69, 9.17) is 11.6 Å². The second-order valence-electron chi connectivity index (χ2n) is 6.30. The van der Waals surface area contributed by atoms with E-state index in [9.17, 15) is 4.79 Å². The van der Waals surface area contributed by atoms with Gasteiger partial charge in [0.2, 0.25) is 5.91 Å². The fourth-order valence-electron chi connectivity index (χ4n) is 3.07. The molecule has 0 saturated heterocycles. The van der Waals surface area contributed by atoms with Crippen LogP contribution in [0.15, 0.2) is 48.8 Å². The first-order chi connectivity index (χ1) is 12.1. The van der Waals surface area contributed by atoms with Gasteiger partial charge in [-0.05, 0) is 71.7 Å². The Bertz CT molecular complexity index is 934. The molecule has 0 atom stereocenters. The van der Waals surface area contributed by atoms with Crippen LogP contribution in [0.1, 0.15) is 24.0 Å². The molecule has 1 aromatic heterocycles. The van der Waals surface area contributed by atoms with E-state index in [1.54, 1.807) is 11.0 Å². The standard InChI is InChI=1S/C18H16ClN5O/c1-12-9-15(5-6-16(12)24-11-20-22-23-24)21-17(25)18(7-8-18)13-3-2-4-14(19)10-13/h2-6,9-11H,7-8H2,1H3,(H,21,25). The third-order valence-electron chi connectivity index (χ3n) is 4.61. The summed E-state index contributed by atoms with van der Waals surface area (Å²) >= 11 is 6.08. The summed E-state index contributed by atoms with van der Waals surface area (Å²) in [7, 11) is 0. The first kappa shape index (κ1) is 15.8. The molecule has 0 aliphatic heterocycles. The highest BCUT2D eigenvalue weighted by Crippen LogP contribution is 2.49. The lowest BCUT2D eigenvalue weighted by atomic mass is 9.95. The Balaban J connectivity index is 1.56. The van der Waals surface area contributed by atoms with Crippen molar-refractivity contribution in [3.8, 4) is 5.69 Å². The number of nitrogens with one attached hydrogen (secondary N) is 1. The van der Waals surface area contributed by atoms with Crippen LogP contribution in [-0.2, 0) is 10.2 Å². The molecule has 1 fully saturated rings. The number of hydrogen-bond acceptors (Lipinski definition) is 4. The molecule has 2 aromatic carbocycles. The summed E-state index contributed by atoms with van der Waals surface area (Å²) in [6.45, 7) is 1.95. The number of anilines is 1. The van der Waals surface area contributed by atoms with Crippen molar-refractivity contribution in [1.29, 1.82) is 0 Å². The molecular weight excluding hydrogens is 338 g/mol. The normalized spacial score (nSPS) is 15.0. The summed E-state index contributed by atoms with van der Waals surface area (Å²) in [6.07, 6.45) is 3.21. The first-order valence-corrected chi connectivity index (χ1v) is 8.38. The van der Waals surface area contributed by atoms with Gasteiger partial charge in [-0.3, -0.25) is 4.79 Å². The molecule has 0 unspecified atom stereocenters. The molecule has 1 saturated carbocycles. The molecule has 0 bridgehead atoms.